The Balaban J connectivity index is 2.09. The molecule has 0 atom stereocenters. The van der Waals surface area contributed by atoms with Gasteiger partial charge in [0.15, 0.2) is 5.78 Å². The molecule has 0 aliphatic heterocycles. The third-order valence-electron chi connectivity index (χ3n) is 2.75. The van der Waals surface area contributed by atoms with Crippen molar-refractivity contribution in [2.75, 3.05) is 11.2 Å². The Kier molecular flexibility index (Phi) is 6.58. The monoisotopic (exact) mass is 345 g/mol. The van der Waals surface area contributed by atoms with E-state index >= 15 is 0 Å². The van der Waals surface area contributed by atoms with Crippen LogP contribution >= 0.6 is 35.3 Å². The number of ketones is 1. The van der Waals surface area contributed by atoms with Gasteiger partial charge in [0.2, 0.25) is 0 Å². The maximum absolute atomic E-state index is 11.9. The van der Waals surface area contributed by atoms with Crippen LogP contribution in [0.25, 0.3) is 6.08 Å². The first-order valence-corrected chi connectivity index (χ1v) is 9.08. The lowest BCUT2D eigenvalue weighted by molar-refractivity contribution is -0.110. The van der Waals surface area contributed by atoms with Crippen LogP contribution in [-0.2, 0) is 4.79 Å². The number of nitrogens with zero attached hydrogens (tertiary/aromatic N) is 1. The van der Waals surface area contributed by atoms with Crippen LogP contribution in [0.4, 0.5) is 5.69 Å². The molecule has 0 unspecified atom stereocenters. The molecule has 0 saturated carbocycles. The quantitative estimate of drug-likeness (QED) is 0.561. The van der Waals surface area contributed by atoms with Gasteiger partial charge in [-0.3, -0.25) is 4.79 Å². The molecule has 112 valence electrons. The molecule has 0 amide bonds. The Morgan fingerprint density at radius 2 is 1.95 bits per heavy atom. The third kappa shape index (κ3) is 4.94. The molecule has 0 bridgehead atoms. The largest absolute Gasteiger partial charge is 0.303 e. The Morgan fingerprint density at radius 1 is 1.18 bits per heavy atom. The highest BCUT2D eigenvalue weighted by Crippen LogP contribution is 2.18. The molecular formula is C17H15NOS3. The van der Waals surface area contributed by atoms with Crippen molar-refractivity contribution < 1.29 is 4.79 Å². The number of allylic oxidation sites excluding steroid dienone is 2. The zero-order valence-corrected chi connectivity index (χ0v) is 14.5. The first kappa shape index (κ1) is 16.7. The summed E-state index contributed by atoms with van der Waals surface area (Å²) in [4.78, 5) is 14.8. The number of carbonyl (C=O) groups excluding carboxylic acids is 1. The Hall–Kier alpha value is -1.69. The van der Waals surface area contributed by atoms with Crippen molar-refractivity contribution in [2.45, 2.75) is 0 Å². The van der Waals surface area contributed by atoms with E-state index in [1.807, 2.05) is 65.1 Å². The minimum absolute atomic E-state index is 0.0711. The van der Waals surface area contributed by atoms with E-state index in [1.54, 1.807) is 23.6 Å². The number of anilines is 1. The van der Waals surface area contributed by atoms with Crippen molar-refractivity contribution in [1.29, 1.82) is 0 Å². The van der Waals surface area contributed by atoms with Crippen molar-refractivity contribution in [1.82, 2.24) is 0 Å². The molecule has 22 heavy (non-hydrogen) atoms. The molecule has 0 N–H and O–H groups in total. The highest BCUT2D eigenvalue weighted by Gasteiger charge is 2.07. The van der Waals surface area contributed by atoms with E-state index in [4.69, 9.17) is 12.2 Å². The smallest absolute Gasteiger partial charge is 0.180 e. The van der Waals surface area contributed by atoms with Crippen LogP contribution in [0.1, 0.15) is 4.88 Å². The number of hydrogen-bond donors (Lipinski definition) is 0. The molecular weight excluding hydrogens is 330 g/mol. The number of rotatable bonds is 5. The van der Waals surface area contributed by atoms with Crippen LogP contribution in [0.5, 0.6) is 0 Å². The van der Waals surface area contributed by atoms with Gasteiger partial charge >= 0.3 is 0 Å². The van der Waals surface area contributed by atoms with Crippen LogP contribution in [0.2, 0.25) is 0 Å². The fourth-order valence-electron chi connectivity index (χ4n) is 1.69. The summed E-state index contributed by atoms with van der Waals surface area (Å²) in [6.45, 7) is 0. The summed E-state index contributed by atoms with van der Waals surface area (Å²) in [6, 6.07) is 13.7. The van der Waals surface area contributed by atoms with Gasteiger partial charge in [0, 0.05) is 22.8 Å². The van der Waals surface area contributed by atoms with E-state index < -0.39 is 0 Å². The van der Waals surface area contributed by atoms with E-state index in [-0.39, 0.29) is 5.78 Å². The molecule has 0 radical (unpaired) electrons. The number of benzene rings is 1. The summed E-state index contributed by atoms with van der Waals surface area (Å²) < 4.78 is 0.692. The molecule has 1 aromatic heterocycles. The summed E-state index contributed by atoms with van der Waals surface area (Å²) in [7, 11) is 0. The molecule has 0 spiro atoms. The molecule has 0 fully saturated rings. The maximum atomic E-state index is 11.9. The van der Waals surface area contributed by atoms with E-state index in [9.17, 15) is 4.79 Å². The topological polar surface area (TPSA) is 20.3 Å². The van der Waals surface area contributed by atoms with Crippen LogP contribution in [0.3, 0.4) is 0 Å². The van der Waals surface area contributed by atoms with Gasteiger partial charge in [-0.1, -0.05) is 48.2 Å². The van der Waals surface area contributed by atoms with Gasteiger partial charge in [-0.25, -0.2) is 0 Å². The number of hydrogen-bond acceptors (Lipinski definition) is 4. The Morgan fingerprint density at radius 3 is 2.59 bits per heavy atom. The van der Waals surface area contributed by atoms with Crippen molar-refractivity contribution in [3.63, 3.8) is 0 Å². The maximum Gasteiger partial charge on any atom is 0.180 e. The normalized spacial score (nSPS) is 11.1. The lowest BCUT2D eigenvalue weighted by Gasteiger charge is -2.19. The average Bonchev–Trinajstić information content (AvgIpc) is 3.07. The number of carbonyl (C=O) groups is 1. The van der Waals surface area contributed by atoms with Crippen molar-refractivity contribution in [3.05, 3.63) is 71.1 Å². The average molecular weight is 346 g/mol. The van der Waals surface area contributed by atoms with Crippen LogP contribution < -0.4 is 4.90 Å². The van der Waals surface area contributed by atoms with Crippen LogP contribution in [-0.4, -0.2) is 16.4 Å². The van der Waals surface area contributed by atoms with E-state index in [0.29, 0.717) is 4.32 Å². The molecule has 1 heterocycles. The van der Waals surface area contributed by atoms with E-state index in [0.717, 1.165) is 10.6 Å². The van der Waals surface area contributed by atoms with Crippen LogP contribution in [0.15, 0.2) is 66.2 Å². The molecule has 0 aliphatic rings. The molecule has 2 rings (SSSR count). The highest BCUT2D eigenvalue weighted by molar-refractivity contribution is 8.22. The first-order valence-electron chi connectivity index (χ1n) is 6.56. The van der Waals surface area contributed by atoms with Crippen molar-refractivity contribution in [3.8, 4) is 0 Å². The van der Waals surface area contributed by atoms with Crippen molar-refractivity contribution in [2.24, 2.45) is 0 Å². The van der Waals surface area contributed by atoms with Gasteiger partial charge in [-0.15, -0.1) is 11.3 Å². The minimum atomic E-state index is -0.0711. The lowest BCUT2D eigenvalue weighted by atomic mass is 10.3. The number of thiocarbonyl (C=S) groups is 1. The minimum Gasteiger partial charge on any atom is -0.303 e. The zero-order valence-electron chi connectivity index (χ0n) is 12.0. The molecule has 2 aromatic rings. The number of thioether (sulfide) groups is 1. The molecule has 5 heteroatoms. The number of thiophene rings is 1. The van der Waals surface area contributed by atoms with Gasteiger partial charge in [0.25, 0.3) is 0 Å². The first-order chi connectivity index (χ1) is 10.7. The SMILES string of the molecule is CSC(=S)N(/C=C/C(=O)/C=C/c1cccs1)c1ccccc1. The third-order valence-corrected chi connectivity index (χ3v) is 4.83. The zero-order chi connectivity index (χ0) is 15.8. The predicted octanol–water partition coefficient (Wildman–Crippen LogP) is 5.00. The van der Waals surface area contributed by atoms with Gasteiger partial charge in [0.05, 0.1) is 0 Å². The lowest BCUT2D eigenvalue weighted by Crippen LogP contribution is -2.20. The highest BCUT2D eigenvalue weighted by atomic mass is 32.2. The second-order valence-corrected chi connectivity index (χ2v) is 6.66. The van der Waals surface area contributed by atoms with Gasteiger partial charge in [0.1, 0.15) is 4.32 Å². The fraction of sp³-hybridized carbons (Fsp3) is 0.0588. The second kappa shape index (κ2) is 8.68. The summed E-state index contributed by atoms with van der Waals surface area (Å²) >= 11 is 8.42. The Labute approximate surface area is 144 Å². The molecule has 1 aromatic carbocycles. The fourth-order valence-corrected chi connectivity index (χ4v) is 2.84. The van der Waals surface area contributed by atoms with Crippen LogP contribution in [0, 0.1) is 0 Å². The summed E-state index contributed by atoms with van der Waals surface area (Å²) in [5, 5.41) is 1.98. The molecule has 0 saturated heterocycles. The summed E-state index contributed by atoms with van der Waals surface area (Å²) in [5.74, 6) is -0.0711. The van der Waals surface area contributed by atoms with Gasteiger partial charge in [-0.05, 0) is 42.0 Å². The van der Waals surface area contributed by atoms with E-state index in [1.165, 1.54) is 17.8 Å². The Bertz CT molecular complexity index is 675. The number of para-hydroxylation sites is 1. The second-order valence-electron chi connectivity index (χ2n) is 4.24. The summed E-state index contributed by atoms with van der Waals surface area (Å²) in [6.07, 6.45) is 8.55. The molecule has 2 nitrogen and oxygen atoms in total. The van der Waals surface area contributed by atoms with Gasteiger partial charge < -0.3 is 4.90 Å². The molecule has 0 aliphatic carbocycles. The predicted molar refractivity (Wildman–Crippen MR) is 103 cm³/mol. The standard InChI is InChI=1S/C17H15NOS3/c1-21-17(20)18(14-6-3-2-4-7-14)12-11-15(19)9-10-16-8-5-13-22-16/h2-13H,1H3/b10-9+,12-11+. The summed E-state index contributed by atoms with van der Waals surface area (Å²) in [5.41, 5.74) is 0.938. The van der Waals surface area contributed by atoms with Crippen molar-refractivity contribution >= 4 is 57.2 Å². The van der Waals surface area contributed by atoms with Gasteiger partial charge in [-0.2, -0.15) is 0 Å². The van der Waals surface area contributed by atoms with E-state index in [2.05, 4.69) is 0 Å².